The largest absolute Gasteiger partial charge is 0.460 e. The average molecular weight is 337 g/mol. The highest BCUT2D eigenvalue weighted by Gasteiger charge is 2.58. The van der Waals surface area contributed by atoms with Crippen LogP contribution in [0.3, 0.4) is 0 Å². The van der Waals surface area contributed by atoms with Gasteiger partial charge in [-0.15, -0.1) is 0 Å². The van der Waals surface area contributed by atoms with Crippen molar-refractivity contribution in [3.05, 3.63) is 64.7 Å². The third-order valence-electron chi connectivity index (χ3n) is 4.70. The molecule has 25 heavy (non-hydrogen) atoms. The summed E-state index contributed by atoms with van der Waals surface area (Å²) in [5, 5.41) is 2.95. The molecule has 4 nitrogen and oxygen atoms in total. The molecule has 1 N–H and O–H groups in total. The molecule has 0 spiro atoms. The summed E-state index contributed by atoms with van der Waals surface area (Å²) in [6.07, 6.45) is 1.08. The van der Waals surface area contributed by atoms with Crippen LogP contribution in [0.1, 0.15) is 35.1 Å². The van der Waals surface area contributed by atoms with E-state index in [4.69, 9.17) is 4.74 Å². The smallest absolute Gasteiger partial charge is 0.321 e. The van der Waals surface area contributed by atoms with E-state index in [1.807, 2.05) is 63.2 Å². The molecule has 1 fully saturated rings. The quantitative estimate of drug-likeness (QED) is 0.661. The highest BCUT2D eigenvalue weighted by molar-refractivity contribution is 6.11. The van der Waals surface area contributed by atoms with Gasteiger partial charge in [0.1, 0.15) is 12.0 Å². The fourth-order valence-corrected chi connectivity index (χ4v) is 3.12. The van der Waals surface area contributed by atoms with Crippen molar-refractivity contribution in [1.29, 1.82) is 0 Å². The predicted octanol–water partition coefficient (Wildman–Crippen LogP) is 4.07. The van der Waals surface area contributed by atoms with Crippen LogP contribution in [-0.2, 0) is 20.9 Å². The van der Waals surface area contributed by atoms with Gasteiger partial charge in [-0.1, -0.05) is 48.0 Å². The number of anilines is 1. The third-order valence-corrected chi connectivity index (χ3v) is 4.70. The molecule has 1 aliphatic rings. The lowest BCUT2D eigenvalue weighted by Gasteiger charge is -2.17. The van der Waals surface area contributed by atoms with E-state index in [-0.39, 0.29) is 12.5 Å². The number of hydrogen-bond donors (Lipinski definition) is 1. The minimum Gasteiger partial charge on any atom is -0.460 e. The Bertz CT molecular complexity index is 784. The molecular formula is C21H23NO3. The second-order valence-electron chi connectivity index (χ2n) is 6.87. The zero-order valence-electron chi connectivity index (χ0n) is 14.9. The Labute approximate surface area is 148 Å². The van der Waals surface area contributed by atoms with Gasteiger partial charge in [-0.25, -0.2) is 0 Å². The molecule has 0 atom stereocenters. The minimum atomic E-state index is -1.03. The van der Waals surface area contributed by atoms with Crippen molar-refractivity contribution in [2.75, 3.05) is 5.32 Å². The number of nitrogens with one attached hydrogen (secondary N) is 1. The Morgan fingerprint density at radius 1 is 1.04 bits per heavy atom. The summed E-state index contributed by atoms with van der Waals surface area (Å²) >= 11 is 0. The number of carbonyl (C=O) groups is 2. The van der Waals surface area contributed by atoms with Crippen molar-refractivity contribution >= 4 is 17.6 Å². The SMILES string of the molecule is Cc1cc(C)c(NC(=O)C2(C(=O)OCc3ccccc3)CC2)c(C)c1. The summed E-state index contributed by atoms with van der Waals surface area (Å²) in [7, 11) is 0. The first-order chi connectivity index (χ1) is 11.9. The van der Waals surface area contributed by atoms with E-state index < -0.39 is 11.4 Å². The fourth-order valence-electron chi connectivity index (χ4n) is 3.12. The number of benzene rings is 2. The standard InChI is InChI=1S/C21H23NO3/c1-14-11-15(2)18(16(3)12-14)22-19(23)21(9-10-21)20(24)25-13-17-7-5-4-6-8-17/h4-8,11-12H,9-10,13H2,1-3H3,(H,22,23). The summed E-state index contributed by atoms with van der Waals surface area (Å²) in [4.78, 5) is 25.2. The molecular weight excluding hydrogens is 314 g/mol. The lowest BCUT2D eigenvalue weighted by Crippen LogP contribution is -2.33. The second-order valence-corrected chi connectivity index (χ2v) is 6.87. The van der Waals surface area contributed by atoms with Gasteiger partial charge >= 0.3 is 5.97 Å². The Morgan fingerprint density at radius 3 is 2.20 bits per heavy atom. The molecule has 0 aromatic heterocycles. The van der Waals surface area contributed by atoms with E-state index in [2.05, 4.69) is 5.32 Å². The normalized spacial score (nSPS) is 14.7. The van der Waals surface area contributed by atoms with Gasteiger partial charge in [0.15, 0.2) is 0 Å². The van der Waals surface area contributed by atoms with Crippen molar-refractivity contribution in [2.45, 2.75) is 40.2 Å². The molecule has 0 heterocycles. The molecule has 1 saturated carbocycles. The summed E-state index contributed by atoms with van der Waals surface area (Å²) in [5.41, 5.74) is 3.82. The number of amides is 1. The molecule has 3 rings (SSSR count). The Balaban J connectivity index is 1.68. The number of carbonyl (C=O) groups excluding carboxylic acids is 2. The minimum absolute atomic E-state index is 0.192. The highest BCUT2D eigenvalue weighted by Crippen LogP contribution is 2.48. The van der Waals surface area contributed by atoms with Gasteiger partial charge < -0.3 is 10.1 Å². The third kappa shape index (κ3) is 3.58. The monoisotopic (exact) mass is 337 g/mol. The molecule has 2 aromatic rings. The molecule has 0 bridgehead atoms. The number of rotatable bonds is 5. The molecule has 1 amide bonds. The highest BCUT2D eigenvalue weighted by atomic mass is 16.5. The lowest BCUT2D eigenvalue weighted by molar-refractivity contribution is -0.154. The molecule has 0 aliphatic heterocycles. The number of esters is 1. The first kappa shape index (κ1) is 17.2. The van der Waals surface area contributed by atoms with Crippen molar-refractivity contribution in [2.24, 2.45) is 5.41 Å². The lowest BCUT2D eigenvalue weighted by atomic mass is 10.0. The zero-order valence-corrected chi connectivity index (χ0v) is 14.9. The molecule has 2 aromatic carbocycles. The first-order valence-corrected chi connectivity index (χ1v) is 8.53. The van der Waals surface area contributed by atoms with Crippen LogP contribution in [0.25, 0.3) is 0 Å². The summed E-state index contributed by atoms with van der Waals surface area (Å²) < 4.78 is 5.39. The summed E-state index contributed by atoms with van der Waals surface area (Å²) in [5.74, 6) is -0.697. The van der Waals surface area contributed by atoms with Crippen molar-refractivity contribution in [1.82, 2.24) is 0 Å². The topological polar surface area (TPSA) is 55.4 Å². The molecule has 1 aliphatic carbocycles. The predicted molar refractivity (Wildman–Crippen MR) is 97.2 cm³/mol. The van der Waals surface area contributed by atoms with Crippen LogP contribution in [-0.4, -0.2) is 11.9 Å². The van der Waals surface area contributed by atoms with Gasteiger partial charge in [-0.05, 0) is 50.3 Å². The Kier molecular flexibility index (Phi) is 4.62. The fraction of sp³-hybridized carbons (Fsp3) is 0.333. The van der Waals surface area contributed by atoms with E-state index in [9.17, 15) is 9.59 Å². The van der Waals surface area contributed by atoms with Gasteiger partial charge in [-0.3, -0.25) is 9.59 Å². The molecule has 130 valence electrons. The van der Waals surface area contributed by atoms with Crippen LogP contribution >= 0.6 is 0 Å². The van der Waals surface area contributed by atoms with Crippen LogP contribution in [0.2, 0.25) is 0 Å². The van der Waals surface area contributed by atoms with Gasteiger partial charge in [0.05, 0.1) is 0 Å². The summed E-state index contributed by atoms with van der Waals surface area (Å²) in [6, 6.07) is 13.5. The average Bonchev–Trinajstić information content (AvgIpc) is 3.38. The van der Waals surface area contributed by atoms with Gasteiger partial charge in [0.2, 0.25) is 5.91 Å². The zero-order chi connectivity index (χ0) is 18.0. The van der Waals surface area contributed by atoms with E-state index in [1.54, 1.807) is 0 Å². The number of hydrogen-bond acceptors (Lipinski definition) is 3. The van der Waals surface area contributed by atoms with Crippen LogP contribution in [0.15, 0.2) is 42.5 Å². The maximum Gasteiger partial charge on any atom is 0.321 e. The van der Waals surface area contributed by atoms with E-state index in [1.165, 1.54) is 0 Å². The van der Waals surface area contributed by atoms with Crippen LogP contribution in [0.5, 0.6) is 0 Å². The molecule has 0 saturated heterocycles. The summed E-state index contributed by atoms with van der Waals surface area (Å²) in [6.45, 7) is 6.14. The van der Waals surface area contributed by atoms with E-state index in [0.29, 0.717) is 12.8 Å². The maximum absolute atomic E-state index is 12.7. The van der Waals surface area contributed by atoms with E-state index >= 15 is 0 Å². The van der Waals surface area contributed by atoms with Crippen molar-refractivity contribution in [3.8, 4) is 0 Å². The van der Waals surface area contributed by atoms with Crippen LogP contribution in [0.4, 0.5) is 5.69 Å². The van der Waals surface area contributed by atoms with Gasteiger partial charge in [-0.2, -0.15) is 0 Å². The second kappa shape index (κ2) is 6.71. The van der Waals surface area contributed by atoms with Gasteiger partial charge in [0, 0.05) is 5.69 Å². The first-order valence-electron chi connectivity index (χ1n) is 8.53. The van der Waals surface area contributed by atoms with Crippen LogP contribution < -0.4 is 5.32 Å². The Morgan fingerprint density at radius 2 is 1.64 bits per heavy atom. The van der Waals surface area contributed by atoms with Crippen LogP contribution in [0, 0.1) is 26.2 Å². The molecule has 0 unspecified atom stereocenters. The number of aryl methyl sites for hydroxylation is 3. The molecule has 0 radical (unpaired) electrons. The van der Waals surface area contributed by atoms with E-state index in [0.717, 1.165) is 27.9 Å². The van der Waals surface area contributed by atoms with Crippen molar-refractivity contribution in [3.63, 3.8) is 0 Å². The molecule has 4 heteroatoms. The van der Waals surface area contributed by atoms with Gasteiger partial charge in [0.25, 0.3) is 0 Å². The number of ether oxygens (including phenoxy) is 1. The van der Waals surface area contributed by atoms with Crippen molar-refractivity contribution < 1.29 is 14.3 Å². The maximum atomic E-state index is 12.7. The Hall–Kier alpha value is -2.62.